The van der Waals surface area contributed by atoms with Crippen LogP contribution < -0.4 is 15.0 Å². The van der Waals surface area contributed by atoms with Crippen molar-refractivity contribution < 1.29 is 4.74 Å². The lowest BCUT2D eigenvalue weighted by molar-refractivity contribution is 0.289. The van der Waals surface area contributed by atoms with Gasteiger partial charge >= 0.3 is 0 Å². The minimum Gasteiger partial charge on any atom is -0.471 e. The van der Waals surface area contributed by atoms with E-state index in [2.05, 4.69) is 40.4 Å². The summed E-state index contributed by atoms with van der Waals surface area (Å²) in [5.74, 6) is 2.24. The number of H-pyrrole nitrogens is 2. The van der Waals surface area contributed by atoms with Crippen LogP contribution in [0.1, 0.15) is 11.3 Å². The van der Waals surface area contributed by atoms with E-state index < -0.39 is 0 Å². The monoisotopic (exact) mass is 461 g/mol. The molecule has 0 saturated heterocycles. The normalized spacial score (nSPS) is 11.0. The average molecular weight is 462 g/mol. The number of nitrogens with zero attached hydrogens (tertiary/aromatic N) is 6. The van der Waals surface area contributed by atoms with Crippen LogP contribution in [0.2, 0.25) is 5.02 Å². The Morgan fingerprint density at radius 3 is 2.88 bits per heavy atom. The molecule has 3 N–H and O–H groups in total. The largest absolute Gasteiger partial charge is 0.471 e. The maximum absolute atomic E-state index is 6.53. The predicted octanol–water partition coefficient (Wildman–Crippen LogP) is 4.08. The van der Waals surface area contributed by atoms with Gasteiger partial charge in [0.2, 0.25) is 11.8 Å². The molecule has 0 fully saturated rings. The smallest absolute Gasteiger partial charge is 0.227 e. The molecule has 0 aliphatic carbocycles. The fourth-order valence-corrected chi connectivity index (χ4v) is 3.55. The molecule has 5 aromatic rings. The number of ether oxygens (including phenoxy) is 1. The van der Waals surface area contributed by atoms with Gasteiger partial charge in [0.05, 0.1) is 22.6 Å². The number of hydrogen-bond acceptors (Lipinski definition) is 8. The predicted molar refractivity (Wildman–Crippen MR) is 126 cm³/mol. The van der Waals surface area contributed by atoms with Crippen LogP contribution in [0.3, 0.4) is 0 Å². The third kappa shape index (κ3) is 4.70. The van der Waals surface area contributed by atoms with Crippen LogP contribution in [0.4, 0.5) is 17.6 Å². The zero-order valence-electron chi connectivity index (χ0n) is 17.7. The summed E-state index contributed by atoms with van der Waals surface area (Å²) < 4.78 is 5.69. The van der Waals surface area contributed by atoms with E-state index in [1.165, 1.54) is 0 Å². The van der Waals surface area contributed by atoms with Crippen molar-refractivity contribution in [1.29, 1.82) is 0 Å². The number of imidazole rings is 1. The third-order valence-corrected chi connectivity index (χ3v) is 5.34. The zero-order valence-corrected chi connectivity index (χ0v) is 18.4. The van der Waals surface area contributed by atoms with Gasteiger partial charge in [0.25, 0.3) is 0 Å². The van der Waals surface area contributed by atoms with Gasteiger partial charge in [-0.1, -0.05) is 23.7 Å². The number of aromatic amines is 2. The molecule has 33 heavy (non-hydrogen) atoms. The van der Waals surface area contributed by atoms with E-state index in [0.29, 0.717) is 41.6 Å². The first-order chi connectivity index (χ1) is 16.2. The third-order valence-electron chi connectivity index (χ3n) is 4.91. The van der Waals surface area contributed by atoms with Crippen LogP contribution in [0.5, 0.6) is 5.88 Å². The number of benzene rings is 1. The van der Waals surface area contributed by atoms with Crippen molar-refractivity contribution in [2.45, 2.75) is 13.2 Å². The van der Waals surface area contributed by atoms with Gasteiger partial charge in [0, 0.05) is 32.1 Å². The number of aromatic nitrogens is 7. The molecule has 0 amide bonds. The highest BCUT2D eigenvalue weighted by atomic mass is 35.5. The molecular formula is C22H20ClN9O. The number of hydrogen-bond donors (Lipinski definition) is 3. The lowest BCUT2D eigenvalue weighted by Gasteiger charge is -2.18. The van der Waals surface area contributed by atoms with Gasteiger partial charge in [-0.05, 0) is 29.8 Å². The maximum Gasteiger partial charge on any atom is 0.227 e. The van der Waals surface area contributed by atoms with Gasteiger partial charge in [0.15, 0.2) is 5.82 Å². The Morgan fingerprint density at radius 1 is 1.06 bits per heavy atom. The van der Waals surface area contributed by atoms with Crippen LogP contribution in [-0.2, 0) is 13.2 Å². The van der Waals surface area contributed by atoms with Crippen molar-refractivity contribution in [3.63, 3.8) is 0 Å². The van der Waals surface area contributed by atoms with E-state index in [9.17, 15) is 0 Å². The summed E-state index contributed by atoms with van der Waals surface area (Å²) in [5.41, 5.74) is 3.41. The van der Waals surface area contributed by atoms with Crippen molar-refractivity contribution in [3.05, 3.63) is 77.5 Å². The van der Waals surface area contributed by atoms with Crippen LogP contribution in [0.15, 0.2) is 61.2 Å². The number of fused-ring (bicyclic) bond motifs is 1. The van der Waals surface area contributed by atoms with E-state index in [-0.39, 0.29) is 0 Å². The van der Waals surface area contributed by atoms with Crippen LogP contribution in [0, 0.1) is 0 Å². The molecule has 0 aliphatic rings. The molecule has 166 valence electrons. The minimum absolute atomic E-state index is 0.345. The van der Waals surface area contributed by atoms with Crippen molar-refractivity contribution in [2.75, 3.05) is 17.3 Å². The Labute approximate surface area is 194 Å². The second-order valence-electron chi connectivity index (χ2n) is 7.29. The summed E-state index contributed by atoms with van der Waals surface area (Å²) in [7, 11) is 1.91. The molecule has 0 bridgehead atoms. The van der Waals surface area contributed by atoms with Crippen LogP contribution >= 0.6 is 11.6 Å². The van der Waals surface area contributed by atoms with Gasteiger partial charge in [-0.25, -0.2) is 15.1 Å². The van der Waals surface area contributed by atoms with E-state index in [1.54, 1.807) is 30.9 Å². The molecule has 0 unspecified atom stereocenters. The second kappa shape index (κ2) is 9.13. The van der Waals surface area contributed by atoms with E-state index in [4.69, 9.17) is 16.3 Å². The number of rotatable bonds is 8. The van der Waals surface area contributed by atoms with Gasteiger partial charge in [0.1, 0.15) is 17.9 Å². The van der Waals surface area contributed by atoms with Crippen LogP contribution in [-0.4, -0.2) is 42.2 Å². The summed E-state index contributed by atoms with van der Waals surface area (Å²) in [5, 5.41) is 10.8. The summed E-state index contributed by atoms with van der Waals surface area (Å²) in [4.78, 5) is 22.4. The second-order valence-corrected chi connectivity index (χ2v) is 7.67. The molecule has 0 spiro atoms. The molecule has 11 heteroatoms. The first kappa shape index (κ1) is 20.7. The molecule has 0 saturated carbocycles. The highest BCUT2D eigenvalue weighted by Crippen LogP contribution is 2.26. The molecule has 4 heterocycles. The lowest BCUT2D eigenvalue weighted by atomic mass is 10.2. The molecule has 5 rings (SSSR count). The Balaban J connectivity index is 1.24. The highest BCUT2D eigenvalue weighted by Gasteiger charge is 2.13. The Bertz CT molecular complexity index is 1370. The van der Waals surface area contributed by atoms with Gasteiger partial charge in [-0.3, -0.25) is 4.98 Å². The van der Waals surface area contributed by atoms with E-state index in [1.807, 2.05) is 42.3 Å². The molecule has 10 nitrogen and oxygen atoms in total. The molecule has 0 atom stereocenters. The van der Waals surface area contributed by atoms with Crippen LogP contribution in [0.25, 0.3) is 11.0 Å². The standard InChI is InChI=1S/C22H20ClN9O/c1-32(11-14-5-6-16-21(20(14)23)27-13-26-16)22-25-9-7-17(29-22)28-18-10-19(31-30-18)33-12-15-4-2-3-8-24-15/h2-10,13H,11-12H2,1H3,(H,26,27)(H2,25,28,29,30,31). The average Bonchev–Trinajstić information content (AvgIpc) is 3.50. The quantitative estimate of drug-likeness (QED) is 0.316. The number of nitrogens with one attached hydrogen (secondary N) is 3. The summed E-state index contributed by atoms with van der Waals surface area (Å²) in [6.07, 6.45) is 5.04. The van der Waals surface area contributed by atoms with Crippen molar-refractivity contribution in [2.24, 2.45) is 0 Å². The molecule has 1 aromatic carbocycles. The Morgan fingerprint density at radius 2 is 2.00 bits per heavy atom. The number of pyridine rings is 1. The molecular weight excluding hydrogens is 442 g/mol. The number of anilines is 3. The van der Waals surface area contributed by atoms with Crippen molar-refractivity contribution in [3.8, 4) is 5.88 Å². The summed E-state index contributed by atoms with van der Waals surface area (Å²) >= 11 is 6.53. The van der Waals surface area contributed by atoms with E-state index in [0.717, 1.165) is 22.3 Å². The SMILES string of the molecule is CN(Cc1ccc2[nH]cnc2c1Cl)c1nccc(Nc2cc(OCc3ccccn3)[nH]n2)n1. The molecule has 0 radical (unpaired) electrons. The summed E-state index contributed by atoms with van der Waals surface area (Å²) in [6.45, 7) is 0.872. The van der Waals surface area contributed by atoms with Gasteiger partial charge < -0.3 is 19.9 Å². The van der Waals surface area contributed by atoms with E-state index >= 15 is 0 Å². The van der Waals surface area contributed by atoms with Gasteiger partial charge in [-0.15, -0.1) is 0 Å². The summed E-state index contributed by atoms with van der Waals surface area (Å²) in [6, 6.07) is 13.1. The fraction of sp³-hybridized carbons (Fsp3) is 0.136. The topological polar surface area (TPSA) is 121 Å². The first-order valence-electron chi connectivity index (χ1n) is 10.2. The minimum atomic E-state index is 0.345. The first-order valence-corrected chi connectivity index (χ1v) is 10.5. The Kier molecular flexibility index (Phi) is 5.73. The number of halogens is 1. The lowest BCUT2D eigenvalue weighted by Crippen LogP contribution is -2.19. The Hall–Kier alpha value is -4.18. The van der Waals surface area contributed by atoms with Crippen molar-refractivity contribution in [1.82, 2.24) is 35.1 Å². The molecule has 0 aliphatic heterocycles. The zero-order chi connectivity index (χ0) is 22.6. The fourth-order valence-electron chi connectivity index (χ4n) is 3.27. The highest BCUT2D eigenvalue weighted by molar-refractivity contribution is 6.35. The molecule has 4 aromatic heterocycles. The maximum atomic E-state index is 6.53. The van der Waals surface area contributed by atoms with Crippen molar-refractivity contribution >= 4 is 40.2 Å². The van der Waals surface area contributed by atoms with Gasteiger partial charge in [-0.2, -0.15) is 10.1 Å².